The molecule has 1 saturated carbocycles. The van der Waals surface area contributed by atoms with Gasteiger partial charge >= 0.3 is 5.97 Å². The Kier molecular flexibility index (Phi) is 9.01. The number of aromatic nitrogens is 2. The second kappa shape index (κ2) is 11.7. The number of carboxylic acid groups (broad SMARTS) is 1. The van der Waals surface area contributed by atoms with Crippen LogP contribution in [0.4, 0.5) is 0 Å². The van der Waals surface area contributed by atoms with Gasteiger partial charge in [-0.05, 0) is 45.2 Å². The minimum absolute atomic E-state index is 0.0900. The summed E-state index contributed by atoms with van der Waals surface area (Å²) in [6.07, 6.45) is 12.1. The van der Waals surface area contributed by atoms with Crippen molar-refractivity contribution in [1.82, 2.24) is 14.9 Å². The number of aliphatic carboxylic acids is 1. The van der Waals surface area contributed by atoms with Crippen molar-refractivity contribution in [1.29, 1.82) is 0 Å². The van der Waals surface area contributed by atoms with E-state index in [2.05, 4.69) is 16.8 Å². The highest BCUT2D eigenvalue weighted by molar-refractivity contribution is 8.01. The number of carbonyl (C=O) groups excluding carboxylic acids is 1. The number of rotatable bonds is 10. The van der Waals surface area contributed by atoms with E-state index in [0.717, 1.165) is 54.9 Å². The first-order chi connectivity index (χ1) is 15.8. The molecule has 3 rings (SSSR count). The van der Waals surface area contributed by atoms with Crippen molar-refractivity contribution in [3.8, 4) is 11.4 Å². The molecular formula is C26H37N3O3S. The van der Waals surface area contributed by atoms with E-state index in [-0.39, 0.29) is 11.9 Å². The summed E-state index contributed by atoms with van der Waals surface area (Å²) in [5.41, 5.74) is 1.40. The molecule has 1 aromatic heterocycles. The lowest BCUT2D eigenvalue weighted by atomic mass is 10.1. The molecule has 1 heterocycles. The summed E-state index contributed by atoms with van der Waals surface area (Å²) < 4.78 is 1.18. The molecule has 0 aliphatic heterocycles. The van der Waals surface area contributed by atoms with Crippen molar-refractivity contribution in [3.63, 3.8) is 0 Å². The molecule has 0 spiro atoms. The van der Waals surface area contributed by atoms with Crippen molar-refractivity contribution in [2.75, 3.05) is 0 Å². The van der Waals surface area contributed by atoms with Gasteiger partial charge in [0.1, 0.15) is 16.3 Å². The van der Waals surface area contributed by atoms with Gasteiger partial charge < -0.3 is 15.0 Å². The SMILES string of the molecule is CCCCCn1cc(C(=O)NC2CCCCCC2)nc1-c1ccc(SC(C)(C)C(=O)O)cc1. The molecule has 6 nitrogen and oxygen atoms in total. The molecule has 1 amide bonds. The Morgan fingerprint density at radius 3 is 2.39 bits per heavy atom. The Labute approximate surface area is 201 Å². The van der Waals surface area contributed by atoms with Crippen LogP contribution in [0.5, 0.6) is 0 Å². The number of carbonyl (C=O) groups is 2. The monoisotopic (exact) mass is 471 g/mol. The van der Waals surface area contributed by atoms with Crippen LogP contribution in [0.2, 0.25) is 0 Å². The number of unbranched alkanes of at least 4 members (excludes halogenated alkanes) is 2. The smallest absolute Gasteiger partial charge is 0.319 e. The average molecular weight is 472 g/mol. The summed E-state index contributed by atoms with van der Waals surface area (Å²) in [6.45, 7) is 6.39. The van der Waals surface area contributed by atoms with E-state index < -0.39 is 10.7 Å². The highest BCUT2D eigenvalue weighted by atomic mass is 32.2. The highest BCUT2D eigenvalue weighted by Gasteiger charge is 2.28. The van der Waals surface area contributed by atoms with E-state index in [1.807, 2.05) is 30.5 Å². The maximum absolute atomic E-state index is 13.0. The van der Waals surface area contributed by atoms with Gasteiger partial charge in [-0.25, -0.2) is 4.98 Å². The normalized spacial score (nSPS) is 15.2. The molecule has 0 saturated heterocycles. The van der Waals surface area contributed by atoms with E-state index in [1.54, 1.807) is 13.8 Å². The van der Waals surface area contributed by atoms with Crippen LogP contribution >= 0.6 is 11.8 Å². The summed E-state index contributed by atoms with van der Waals surface area (Å²) in [5.74, 6) is -0.147. The molecule has 2 N–H and O–H groups in total. The molecule has 0 atom stereocenters. The predicted molar refractivity (Wildman–Crippen MR) is 134 cm³/mol. The van der Waals surface area contributed by atoms with Gasteiger partial charge in [-0.3, -0.25) is 9.59 Å². The maximum Gasteiger partial charge on any atom is 0.319 e. The third-order valence-corrected chi connectivity index (χ3v) is 7.40. The number of aryl methyl sites for hydroxylation is 1. The molecule has 2 aromatic rings. The fraction of sp³-hybridized carbons (Fsp3) is 0.577. The lowest BCUT2D eigenvalue weighted by Gasteiger charge is -2.18. The van der Waals surface area contributed by atoms with Gasteiger partial charge in [-0.1, -0.05) is 57.6 Å². The molecule has 180 valence electrons. The fourth-order valence-electron chi connectivity index (χ4n) is 4.15. The topological polar surface area (TPSA) is 84.2 Å². The minimum atomic E-state index is -0.899. The number of amides is 1. The van der Waals surface area contributed by atoms with E-state index in [0.29, 0.717) is 5.69 Å². The molecule has 7 heteroatoms. The quantitative estimate of drug-likeness (QED) is 0.247. The van der Waals surface area contributed by atoms with Crippen LogP contribution in [0.3, 0.4) is 0 Å². The summed E-state index contributed by atoms with van der Waals surface area (Å²) in [4.78, 5) is 30.0. The van der Waals surface area contributed by atoms with Gasteiger partial charge in [0.25, 0.3) is 5.91 Å². The van der Waals surface area contributed by atoms with Gasteiger partial charge in [0, 0.05) is 29.2 Å². The van der Waals surface area contributed by atoms with Crippen LogP contribution in [-0.2, 0) is 11.3 Å². The zero-order valence-corrected chi connectivity index (χ0v) is 20.9. The second-order valence-electron chi connectivity index (χ2n) is 9.45. The first-order valence-corrected chi connectivity index (χ1v) is 13.0. The Morgan fingerprint density at radius 1 is 1.12 bits per heavy atom. The predicted octanol–water partition coefficient (Wildman–Crippen LogP) is 6.15. The number of carboxylic acids is 1. The molecular weight excluding hydrogens is 434 g/mol. The molecule has 0 unspecified atom stereocenters. The first-order valence-electron chi connectivity index (χ1n) is 12.2. The number of thioether (sulfide) groups is 1. The number of benzene rings is 1. The number of hydrogen-bond donors (Lipinski definition) is 2. The summed E-state index contributed by atoms with van der Waals surface area (Å²) in [6, 6.07) is 8.03. The Morgan fingerprint density at radius 2 is 1.79 bits per heavy atom. The van der Waals surface area contributed by atoms with Crippen LogP contribution in [0.1, 0.15) is 89.0 Å². The van der Waals surface area contributed by atoms with Crippen LogP contribution in [0.25, 0.3) is 11.4 Å². The van der Waals surface area contributed by atoms with Gasteiger partial charge in [0.05, 0.1) is 0 Å². The third-order valence-electron chi connectivity index (χ3n) is 6.20. The second-order valence-corrected chi connectivity index (χ2v) is 11.2. The van der Waals surface area contributed by atoms with Gasteiger partial charge in [0.15, 0.2) is 0 Å². The Bertz CT molecular complexity index is 929. The van der Waals surface area contributed by atoms with Crippen molar-refractivity contribution in [2.45, 2.75) is 101 Å². The number of hydrogen-bond acceptors (Lipinski definition) is 4. The fourth-order valence-corrected chi connectivity index (χ4v) is 5.10. The highest BCUT2D eigenvalue weighted by Crippen LogP contribution is 2.34. The van der Waals surface area contributed by atoms with E-state index in [9.17, 15) is 14.7 Å². The van der Waals surface area contributed by atoms with Crippen molar-refractivity contribution >= 4 is 23.6 Å². The van der Waals surface area contributed by atoms with E-state index in [1.165, 1.54) is 37.4 Å². The average Bonchev–Trinajstić information content (AvgIpc) is 3.03. The van der Waals surface area contributed by atoms with Crippen molar-refractivity contribution in [2.24, 2.45) is 0 Å². The zero-order chi connectivity index (χ0) is 23.8. The van der Waals surface area contributed by atoms with E-state index in [4.69, 9.17) is 4.98 Å². The Balaban J connectivity index is 1.79. The standard InChI is InChI=1S/C26H37N3O3S/c1-4-5-10-17-29-18-22(24(30)27-20-11-8-6-7-9-12-20)28-23(29)19-13-15-21(16-14-19)33-26(2,3)25(31)32/h13-16,18,20H,4-12,17H2,1-3H3,(H,27,30)(H,31,32). The summed E-state index contributed by atoms with van der Waals surface area (Å²) in [5, 5.41) is 12.6. The zero-order valence-electron chi connectivity index (χ0n) is 20.1. The molecule has 1 fully saturated rings. The third kappa shape index (κ3) is 7.10. The van der Waals surface area contributed by atoms with Gasteiger partial charge in [-0.2, -0.15) is 0 Å². The number of nitrogens with zero attached hydrogens (tertiary/aromatic N) is 2. The van der Waals surface area contributed by atoms with Gasteiger partial charge in [-0.15, -0.1) is 11.8 Å². The molecule has 33 heavy (non-hydrogen) atoms. The summed E-state index contributed by atoms with van der Waals surface area (Å²) >= 11 is 1.32. The minimum Gasteiger partial charge on any atom is -0.480 e. The van der Waals surface area contributed by atoms with Crippen LogP contribution in [0, 0.1) is 0 Å². The molecule has 0 radical (unpaired) electrons. The molecule has 1 aromatic carbocycles. The van der Waals surface area contributed by atoms with Crippen LogP contribution in [-0.4, -0.2) is 37.3 Å². The first kappa shape index (κ1) is 25.3. The maximum atomic E-state index is 13.0. The molecule has 0 bridgehead atoms. The number of imidazole rings is 1. The van der Waals surface area contributed by atoms with E-state index >= 15 is 0 Å². The lowest BCUT2D eigenvalue weighted by Crippen LogP contribution is -2.34. The largest absolute Gasteiger partial charge is 0.480 e. The van der Waals surface area contributed by atoms with Crippen LogP contribution < -0.4 is 5.32 Å². The van der Waals surface area contributed by atoms with Crippen molar-refractivity contribution < 1.29 is 14.7 Å². The number of nitrogens with one attached hydrogen (secondary N) is 1. The molecule has 1 aliphatic rings. The molecule has 1 aliphatic carbocycles. The van der Waals surface area contributed by atoms with Crippen molar-refractivity contribution in [3.05, 3.63) is 36.2 Å². The summed E-state index contributed by atoms with van der Waals surface area (Å²) in [7, 11) is 0. The lowest BCUT2D eigenvalue weighted by molar-refractivity contribution is -0.138. The van der Waals surface area contributed by atoms with Gasteiger partial charge in [0.2, 0.25) is 0 Å². The Hall–Kier alpha value is -2.28. The van der Waals surface area contributed by atoms with Crippen LogP contribution in [0.15, 0.2) is 35.4 Å².